The zero-order valence-electron chi connectivity index (χ0n) is 9.86. The maximum absolute atomic E-state index is 12.4. The predicted molar refractivity (Wildman–Crippen MR) is 62.4 cm³/mol. The molecule has 1 rings (SSSR count). The van der Waals surface area contributed by atoms with E-state index >= 15 is 0 Å². The minimum absolute atomic E-state index is 0.0363. The maximum atomic E-state index is 12.4. The Balaban J connectivity index is 0.00000121. The molecule has 0 amide bonds. The van der Waals surface area contributed by atoms with Gasteiger partial charge < -0.3 is 0 Å². The SMILES string of the molecule is CC.CCC(=O)c1ccc(Cl)c(C(F)(F)F)c1. The normalized spacial score (nSPS) is 10.5. The largest absolute Gasteiger partial charge is 0.417 e. The molecule has 96 valence electrons. The van der Waals surface area contributed by atoms with E-state index in [-0.39, 0.29) is 17.8 Å². The molecule has 0 saturated carbocycles. The van der Waals surface area contributed by atoms with E-state index in [1.807, 2.05) is 13.8 Å². The third kappa shape index (κ3) is 4.38. The Kier molecular flexibility index (Phi) is 6.24. The third-order valence-corrected chi connectivity index (χ3v) is 2.24. The summed E-state index contributed by atoms with van der Waals surface area (Å²) in [4.78, 5) is 11.2. The zero-order valence-corrected chi connectivity index (χ0v) is 10.6. The second kappa shape index (κ2) is 6.64. The lowest BCUT2D eigenvalue weighted by Crippen LogP contribution is -2.08. The average Bonchev–Trinajstić information content (AvgIpc) is 2.30. The Morgan fingerprint density at radius 2 is 1.82 bits per heavy atom. The van der Waals surface area contributed by atoms with Crippen LogP contribution in [0.2, 0.25) is 5.02 Å². The monoisotopic (exact) mass is 266 g/mol. The second-order valence-corrected chi connectivity index (χ2v) is 3.38. The summed E-state index contributed by atoms with van der Waals surface area (Å²) in [6.45, 7) is 5.59. The van der Waals surface area contributed by atoms with E-state index in [9.17, 15) is 18.0 Å². The van der Waals surface area contributed by atoms with Crippen molar-refractivity contribution in [3.05, 3.63) is 34.3 Å². The molecule has 0 aromatic heterocycles. The van der Waals surface area contributed by atoms with Gasteiger partial charge >= 0.3 is 6.18 Å². The molecule has 0 N–H and O–H groups in total. The summed E-state index contributed by atoms with van der Waals surface area (Å²) in [6, 6.07) is 3.17. The highest BCUT2D eigenvalue weighted by Gasteiger charge is 2.33. The first-order valence-corrected chi connectivity index (χ1v) is 5.64. The van der Waals surface area contributed by atoms with Crippen molar-refractivity contribution in [1.29, 1.82) is 0 Å². The van der Waals surface area contributed by atoms with Crippen molar-refractivity contribution in [3.63, 3.8) is 0 Å². The Morgan fingerprint density at radius 3 is 2.24 bits per heavy atom. The minimum atomic E-state index is -4.53. The summed E-state index contributed by atoms with van der Waals surface area (Å²) < 4.78 is 37.2. The molecular formula is C12H14ClF3O. The van der Waals surface area contributed by atoms with Crippen molar-refractivity contribution >= 4 is 17.4 Å². The molecular weight excluding hydrogens is 253 g/mol. The molecule has 0 atom stereocenters. The van der Waals surface area contributed by atoms with Gasteiger partial charge in [-0.2, -0.15) is 13.2 Å². The lowest BCUT2D eigenvalue weighted by atomic mass is 10.1. The molecule has 0 radical (unpaired) electrons. The summed E-state index contributed by atoms with van der Waals surface area (Å²) in [5.41, 5.74) is -0.933. The molecule has 0 unspecified atom stereocenters. The third-order valence-electron chi connectivity index (χ3n) is 1.91. The molecule has 0 aliphatic carbocycles. The number of benzene rings is 1. The molecule has 0 heterocycles. The molecule has 1 nitrogen and oxygen atoms in total. The van der Waals surface area contributed by atoms with Gasteiger partial charge in [-0.3, -0.25) is 4.79 Å². The van der Waals surface area contributed by atoms with Gasteiger partial charge in [0.1, 0.15) is 0 Å². The summed E-state index contributed by atoms with van der Waals surface area (Å²) in [7, 11) is 0. The molecule has 0 bridgehead atoms. The number of carbonyl (C=O) groups excluding carboxylic acids is 1. The molecule has 17 heavy (non-hydrogen) atoms. The van der Waals surface area contributed by atoms with Gasteiger partial charge in [-0.25, -0.2) is 0 Å². The van der Waals surface area contributed by atoms with Crippen LogP contribution in [0.5, 0.6) is 0 Å². The van der Waals surface area contributed by atoms with Gasteiger partial charge in [0.05, 0.1) is 10.6 Å². The molecule has 0 spiro atoms. The Morgan fingerprint density at radius 1 is 1.29 bits per heavy atom. The number of hydrogen-bond acceptors (Lipinski definition) is 1. The van der Waals surface area contributed by atoms with E-state index in [1.165, 1.54) is 6.07 Å². The van der Waals surface area contributed by atoms with Gasteiger partial charge in [0, 0.05) is 12.0 Å². The van der Waals surface area contributed by atoms with E-state index in [1.54, 1.807) is 6.92 Å². The zero-order chi connectivity index (χ0) is 13.6. The highest BCUT2D eigenvalue weighted by molar-refractivity contribution is 6.31. The number of hydrogen-bond donors (Lipinski definition) is 0. The number of carbonyl (C=O) groups is 1. The Hall–Kier alpha value is -1.03. The van der Waals surface area contributed by atoms with Crippen LogP contribution in [0.1, 0.15) is 43.1 Å². The number of Topliss-reactive ketones (excluding diaryl/α,β-unsaturated/α-hetero) is 1. The van der Waals surface area contributed by atoms with E-state index in [0.717, 1.165) is 12.1 Å². The summed E-state index contributed by atoms with van der Waals surface area (Å²) in [5.74, 6) is -0.336. The molecule has 1 aromatic rings. The lowest BCUT2D eigenvalue weighted by Gasteiger charge is -2.09. The van der Waals surface area contributed by atoms with Crippen LogP contribution in [0.25, 0.3) is 0 Å². The minimum Gasteiger partial charge on any atom is -0.294 e. The fourth-order valence-electron chi connectivity index (χ4n) is 1.12. The van der Waals surface area contributed by atoms with Crippen LogP contribution in [0, 0.1) is 0 Å². The van der Waals surface area contributed by atoms with Crippen LogP contribution in [-0.4, -0.2) is 5.78 Å². The van der Waals surface area contributed by atoms with E-state index in [4.69, 9.17) is 11.6 Å². The Bertz CT molecular complexity index is 386. The van der Waals surface area contributed by atoms with Crippen molar-refractivity contribution in [1.82, 2.24) is 0 Å². The number of alkyl halides is 3. The van der Waals surface area contributed by atoms with Gasteiger partial charge in [0.25, 0.3) is 0 Å². The van der Waals surface area contributed by atoms with Crippen LogP contribution < -0.4 is 0 Å². The fraction of sp³-hybridized carbons (Fsp3) is 0.417. The van der Waals surface area contributed by atoms with E-state index in [0.29, 0.717) is 0 Å². The van der Waals surface area contributed by atoms with Crippen LogP contribution in [-0.2, 0) is 6.18 Å². The van der Waals surface area contributed by atoms with E-state index in [2.05, 4.69) is 0 Å². The Labute approximate surface area is 104 Å². The van der Waals surface area contributed by atoms with Crippen LogP contribution in [0.15, 0.2) is 18.2 Å². The van der Waals surface area contributed by atoms with Crippen LogP contribution in [0.3, 0.4) is 0 Å². The van der Waals surface area contributed by atoms with Gasteiger partial charge in [-0.1, -0.05) is 32.4 Å². The van der Waals surface area contributed by atoms with Crippen molar-refractivity contribution in [2.45, 2.75) is 33.4 Å². The lowest BCUT2D eigenvalue weighted by molar-refractivity contribution is -0.137. The van der Waals surface area contributed by atoms with Crippen molar-refractivity contribution < 1.29 is 18.0 Å². The standard InChI is InChI=1S/C10H8ClF3O.C2H6/c1-2-9(15)6-3-4-8(11)7(5-6)10(12,13)14;1-2/h3-5H,2H2,1H3;1-2H3. The van der Waals surface area contributed by atoms with E-state index < -0.39 is 16.8 Å². The molecule has 0 saturated heterocycles. The molecule has 0 aliphatic heterocycles. The van der Waals surface area contributed by atoms with Crippen molar-refractivity contribution in [2.75, 3.05) is 0 Å². The first-order chi connectivity index (χ1) is 7.86. The first kappa shape index (κ1) is 16.0. The maximum Gasteiger partial charge on any atom is 0.417 e. The summed E-state index contributed by atoms with van der Waals surface area (Å²) >= 11 is 5.40. The van der Waals surface area contributed by atoms with Gasteiger partial charge in [-0.05, 0) is 18.2 Å². The predicted octanol–water partition coefficient (Wildman–Crippen LogP) is 4.98. The molecule has 0 fully saturated rings. The van der Waals surface area contributed by atoms with Gasteiger partial charge in [0.2, 0.25) is 0 Å². The number of halogens is 4. The van der Waals surface area contributed by atoms with Gasteiger partial charge in [0.15, 0.2) is 5.78 Å². The smallest absolute Gasteiger partial charge is 0.294 e. The summed E-state index contributed by atoms with van der Waals surface area (Å²) in [6.07, 6.45) is -4.36. The van der Waals surface area contributed by atoms with Crippen molar-refractivity contribution in [2.24, 2.45) is 0 Å². The molecule has 0 aliphatic rings. The number of rotatable bonds is 2. The number of ketones is 1. The molecule has 1 aromatic carbocycles. The summed E-state index contributed by atoms with van der Waals surface area (Å²) in [5, 5.41) is -0.393. The fourth-order valence-corrected chi connectivity index (χ4v) is 1.34. The average molecular weight is 267 g/mol. The van der Waals surface area contributed by atoms with Crippen LogP contribution >= 0.6 is 11.6 Å². The van der Waals surface area contributed by atoms with Crippen molar-refractivity contribution in [3.8, 4) is 0 Å². The van der Waals surface area contributed by atoms with Crippen LogP contribution in [0.4, 0.5) is 13.2 Å². The quantitative estimate of drug-likeness (QED) is 0.690. The van der Waals surface area contributed by atoms with Gasteiger partial charge in [-0.15, -0.1) is 0 Å². The second-order valence-electron chi connectivity index (χ2n) is 2.97. The highest BCUT2D eigenvalue weighted by Crippen LogP contribution is 2.35. The topological polar surface area (TPSA) is 17.1 Å². The molecule has 5 heteroatoms. The first-order valence-electron chi connectivity index (χ1n) is 5.26. The highest BCUT2D eigenvalue weighted by atomic mass is 35.5.